The summed E-state index contributed by atoms with van der Waals surface area (Å²) in [5.74, 6) is 0.0421. The van der Waals surface area contributed by atoms with Crippen LogP contribution in [0.4, 0.5) is 0 Å². The molecule has 1 amide bonds. The molecule has 2 N–H and O–H groups in total. The average Bonchev–Trinajstić information content (AvgIpc) is 2.25. The molecule has 0 aliphatic heterocycles. The normalized spacial score (nSPS) is 12.9. The second kappa shape index (κ2) is 8.53. The van der Waals surface area contributed by atoms with Crippen molar-refractivity contribution >= 4 is 5.91 Å². The highest BCUT2D eigenvalue weighted by Gasteiger charge is 2.22. The van der Waals surface area contributed by atoms with Crippen molar-refractivity contribution in [1.82, 2.24) is 4.90 Å². The van der Waals surface area contributed by atoms with Gasteiger partial charge in [0.15, 0.2) is 0 Å². The number of nitrogens with zero attached hydrogens (tertiary/aromatic N) is 1. The number of amides is 1. The van der Waals surface area contributed by atoms with Gasteiger partial charge in [0.1, 0.15) is 0 Å². The maximum absolute atomic E-state index is 12.0. The fraction of sp³-hybridized carbons (Fsp3) is 0.917. The summed E-state index contributed by atoms with van der Waals surface area (Å²) in [6.07, 6.45) is 2.84. The third-order valence-corrected chi connectivity index (χ3v) is 2.63. The zero-order valence-corrected chi connectivity index (χ0v) is 11.0. The first-order valence-electron chi connectivity index (χ1n) is 6.09. The molecule has 4 heteroatoms. The summed E-state index contributed by atoms with van der Waals surface area (Å²) in [5.41, 5.74) is 5.88. The van der Waals surface area contributed by atoms with Crippen molar-refractivity contribution in [2.24, 2.45) is 5.73 Å². The molecular weight excluding hydrogens is 204 g/mol. The van der Waals surface area contributed by atoms with Crippen molar-refractivity contribution < 1.29 is 9.53 Å². The van der Waals surface area contributed by atoms with Crippen molar-refractivity contribution in [3.8, 4) is 0 Å². The molecule has 0 rings (SSSR count). The molecule has 0 aromatic heterocycles. The van der Waals surface area contributed by atoms with Crippen molar-refractivity contribution in [2.45, 2.75) is 52.1 Å². The topological polar surface area (TPSA) is 55.6 Å². The van der Waals surface area contributed by atoms with Crippen LogP contribution in [0.1, 0.15) is 40.0 Å². The van der Waals surface area contributed by atoms with E-state index in [2.05, 4.69) is 6.92 Å². The minimum atomic E-state index is -0.362. The van der Waals surface area contributed by atoms with Crippen LogP contribution in [0.25, 0.3) is 0 Å². The van der Waals surface area contributed by atoms with Crippen molar-refractivity contribution in [3.05, 3.63) is 0 Å². The van der Waals surface area contributed by atoms with Gasteiger partial charge in [-0.05, 0) is 20.3 Å². The first-order valence-corrected chi connectivity index (χ1v) is 6.09. The molecule has 0 heterocycles. The molecule has 0 aliphatic rings. The maximum atomic E-state index is 12.0. The molecule has 0 radical (unpaired) electrons. The predicted octanol–water partition coefficient (Wildman–Crippen LogP) is 1.39. The molecule has 96 valence electrons. The Labute approximate surface area is 99.1 Å². The first kappa shape index (κ1) is 15.4. The van der Waals surface area contributed by atoms with Gasteiger partial charge >= 0.3 is 0 Å². The van der Waals surface area contributed by atoms with E-state index in [4.69, 9.17) is 10.5 Å². The highest BCUT2D eigenvalue weighted by molar-refractivity contribution is 5.81. The molecule has 0 saturated carbocycles. The highest BCUT2D eigenvalue weighted by atomic mass is 16.5. The Morgan fingerprint density at radius 1 is 1.44 bits per heavy atom. The standard InChI is InChI=1S/C12H26N2O2/c1-5-6-7-11(13)12(15)14(10(2)3)8-9-16-4/h10-11H,5-9,13H2,1-4H3. The summed E-state index contributed by atoms with van der Waals surface area (Å²) in [4.78, 5) is 13.8. The summed E-state index contributed by atoms with van der Waals surface area (Å²) in [6.45, 7) is 7.28. The van der Waals surface area contributed by atoms with E-state index < -0.39 is 0 Å². The number of hydrogen-bond acceptors (Lipinski definition) is 3. The van der Waals surface area contributed by atoms with Gasteiger partial charge in [-0.1, -0.05) is 19.8 Å². The van der Waals surface area contributed by atoms with Gasteiger partial charge in [-0.25, -0.2) is 0 Å². The Morgan fingerprint density at radius 2 is 2.06 bits per heavy atom. The third kappa shape index (κ3) is 5.47. The van der Waals surface area contributed by atoms with Crippen LogP contribution in [0.5, 0.6) is 0 Å². The van der Waals surface area contributed by atoms with E-state index in [1.807, 2.05) is 13.8 Å². The summed E-state index contributed by atoms with van der Waals surface area (Å²) in [7, 11) is 1.64. The second-order valence-corrected chi connectivity index (χ2v) is 4.37. The van der Waals surface area contributed by atoms with Crippen LogP contribution in [0.15, 0.2) is 0 Å². The van der Waals surface area contributed by atoms with E-state index in [1.165, 1.54) is 0 Å². The Bertz CT molecular complexity index is 195. The van der Waals surface area contributed by atoms with Gasteiger partial charge in [0.25, 0.3) is 0 Å². The van der Waals surface area contributed by atoms with Crippen LogP contribution in [0, 0.1) is 0 Å². The van der Waals surface area contributed by atoms with Crippen LogP contribution < -0.4 is 5.73 Å². The van der Waals surface area contributed by atoms with Crippen LogP contribution >= 0.6 is 0 Å². The van der Waals surface area contributed by atoms with E-state index in [1.54, 1.807) is 12.0 Å². The van der Waals surface area contributed by atoms with Gasteiger partial charge in [0.2, 0.25) is 5.91 Å². The molecular formula is C12H26N2O2. The van der Waals surface area contributed by atoms with E-state index in [0.29, 0.717) is 13.2 Å². The lowest BCUT2D eigenvalue weighted by Crippen LogP contribution is -2.48. The zero-order valence-electron chi connectivity index (χ0n) is 11.0. The second-order valence-electron chi connectivity index (χ2n) is 4.37. The van der Waals surface area contributed by atoms with Crippen LogP contribution in [0.3, 0.4) is 0 Å². The molecule has 0 aromatic rings. The Hall–Kier alpha value is -0.610. The average molecular weight is 230 g/mol. The summed E-state index contributed by atoms with van der Waals surface area (Å²) in [6, 6.07) is -0.186. The molecule has 1 unspecified atom stereocenters. The van der Waals surface area contributed by atoms with Gasteiger partial charge in [-0.15, -0.1) is 0 Å². The van der Waals surface area contributed by atoms with E-state index >= 15 is 0 Å². The number of nitrogens with two attached hydrogens (primary N) is 1. The van der Waals surface area contributed by atoms with E-state index in [0.717, 1.165) is 19.3 Å². The summed E-state index contributed by atoms with van der Waals surface area (Å²) >= 11 is 0. The maximum Gasteiger partial charge on any atom is 0.239 e. The monoisotopic (exact) mass is 230 g/mol. The molecule has 0 saturated heterocycles. The molecule has 0 aliphatic carbocycles. The van der Waals surface area contributed by atoms with Crippen molar-refractivity contribution in [2.75, 3.05) is 20.3 Å². The van der Waals surface area contributed by atoms with E-state index in [-0.39, 0.29) is 18.0 Å². The third-order valence-electron chi connectivity index (χ3n) is 2.63. The van der Waals surface area contributed by atoms with Crippen LogP contribution in [-0.4, -0.2) is 43.2 Å². The van der Waals surface area contributed by atoms with Crippen molar-refractivity contribution in [1.29, 1.82) is 0 Å². The molecule has 16 heavy (non-hydrogen) atoms. The first-order chi connectivity index (χ1) is 7.54. The Kier molecular flexibility index (Phi) is 8.21. The Balaban J connectivity index is 4.24. The molecule has 0 aromatic carbocycles. The minimum absolute atomic E-state index is 0.0421. The summed E-state index contributed by atoms with van der Waals surface area (Å²) < 4.78 is 5.00. The molecule has 0 bridgehead atoms. The van der Waals surface area contributed by atoms with Crippen LogP contribution in [-0.2, 0) is 9.53 Å². The van der Waals surface area contributed by atoms with Crippen molar-refractivity contribution in [3.63, 3.8) is 0 Å². The fourth-order valence-electron chi connectivity index (χ4n) is 1.57. The smallest absolute Gasteiger partial charge is 0.239 e. The quantitative estimate of drug-likeness (QED) is 0.685. The number of methoxy groups -OCH3 is 1. The summed E-state index contributed by atoms with van der Waals surface area (Å²) in [5, 5.41) is 0. The zero-order chi connectivity index (χ0) is 12.6. The molecule has 1 atom stereocenters. The van der Waals surface area contributed by atoms with Gasteiger partial charge in [-0.3, -0.25) is 4.79 Å². The van der Waals surface area contributed by atoms with Gasteiger partial charge in [-0.2, -0.15) is 0 Å². The predicted molar refractivity (Wildman–Crippen MR) is 66.2 cm³/mol. The molecule has 0 spiro atoms. The Morgan fingerprint density at radius 3 is 2.50 bits per heavy atom. The number of hydrogen-bond donors (Lipinski definition) is 1. The largest absolute Gasteiger partial charge is 0.383 e. The van der Waals surface area contributed by atoms with E-state index in [9.17, 15) is 4.79 Å². The lowest BCUT2D eigenvalue weighted by Gasteiger charge is -2.29. The molecule has 0 fully saturated rings. The van der Waals surface area contributed by atoms with Gasteiger partial charge in [0.05, 0.1) is 12.6 Å². The number of unbranched alkanes of at least 4 members (excludes halogenated alkanes) is 1. The number of ether oxygens (including phenoxy) is 1. The highest BCUT2D eigenvalue weighted by Crippen LogP contribution is 2.06. The molecule has 4 nitrogen and oxygen atoms in total. The van der Waals surface area contributed by atoms with Gasteiger partial charge < -0.3 is 15.4 Å². The SMILES string of the molecule is CCCCC(N)C(=O)N(CCOC)C(C)C. The number of carbonyl (C=O) groups excluding carboxylic acids is 1. The minimum Gasteiger partial charge on any atom is -0.383 e. The number of carbonyl (C=O) groups is 1. The fourth-order valence-corrected chi connectivity index (χ4v) is 1.57. The van der Waals surface area contributed by atoms with Crippen LogP contribution in [0.2, 0.25) is 0 Å². The lowest BCUT2D eigenvalue weighted by atomic mass is 10.1. The number of rotatable bonds is 8. The lowest BCUT2D eigenvalue weighted by molar-refractivity contribution is -0.135. The van der Waals surface area contributed by atoms with Gasteiger partial charge in [0, 0.05) is 19.7 Å².